The van der Waals surface area contributed by atoms with Gasteiger partial charge in [-0.25, -0.2) is 0 Å². The summed E-state index contributed by atoms with van der Waals surface area (Å²) < 4.78 is 0. The van der Waals surface area contributed by atoms with Crippen LogP contribution in [0.5, 0.6) is 0 Å². The van der Waals surface area contributed by atoms with Gasteiger partial charge < -0.3 is 5.32 Å². The van der Waals surface area contributed by atoms with Crippen LogP contribution in [0.2, 0.25) is 0 Å². The first-order chi connectivity index (χ1) is 3.79. The van der Waals surface area contributed by atoms with Crippen molar-refractivity contribution in [2.75, 3.05) is 6.54 Å². The van der Waals surface area contributed by atoms with E-state index in [1.807, 2.05) is 0 Å². The summed E-state index contributed by atoms with van der Waals surface area (Å²) in [7, 11) is 0. The van der Waals surface area contributed by atoms with Crippen molar-refractivity contribution in [3.05, 3.63) is 0 Å². The van der Waals surface area contributed by atoms with Crippen molar-refractivity contribution >= 4 is 12.4 Å². The molecule has 56 valence electrons. The summed E-state index contributed by atoms with van der Waals surface area (Å²) in [6.07, 6.45) is 2.73. The van der Waals surface area contributed by atoms with Crippen LogP contribution in [-0.4, -0.2) is 12.6 Å². The molecule has 0 unspecified atom stereocenters. The smallest absolute Gasteiger partial charge is 0.00412 e. The fourth-order valence-electron chi connectivity index (χ4n) is 1.38. The van der Waals surface area contributed by atoms with Gasteiger partial charge in [0.2, 0.25) is 0 Å². The van der Waals surface area contributed by atoms with Gasteiger partial charge in [0.1, 0.15) is 0 Å². The van der Waals surface area contributed by atoms with E-state index < -0.39 is 0 Å². The summed E-state index contributed by atoms with van der Waals surface area (Å²) >= 11 is 0. The van der Waals surface area contributed by atoms with Crippen molar-refractivity contribution in [1.29, 1.82) is 0 Å². The van der Waals surface area contributed by atoms with Gasteiger partial charge in [-0.15, -0.1) is 12.4 Å². The molecule has 1 N–H and O–H groups in total. The number of hydrogen-bond acceptors (Lipinski definition) is 1. The second-order valence-corrected chi connectivity index (χ2v) is 2.98. The minimum absolute atomic E-state index is 0. The maximum atomic E-state index is 3.41. The van der Waals surface area contributed by atoms with E-state index in [9.17, 15) is 0 Å². The van der Waals surface area contributed by atoms with E-state index in [0.717, 1.165) is 12.0 Å². The van der Waals surface area contributed by atoms with E-state index in [0.29, 0.717) is 0 Å². The van der Waals surface area contributed by atoms with Crippen LogP contribution >= 0.6 is 12.4 Å². The zero-order chi connectivity index (χ0) is 5.98. The Morgan fingerprint density at radius 2 is 2.00 bits per heavy atom. The van der Waals surface area contributed by atoms with Crippen molar-refractivity contribution in [3.63, 3.8) is 0 Å². The monoisotopic (exact) mass is 149 g/mol. The minimum Gasteiger partial charge on any atom is -0.314 e. The SMILES string of the molecule is C[C@H]1CCN[C@@H](C)C1.Cl. The van der Waals surface area contributed by atoms with Gasteiger partial charge in [0, 0.05) is 6.04 Å². The van der Waals surface area contributed by atoms with Crippen LogP contribution in [0.4, 0.5) is 0 Å². The molecule has 1 aliphatic rings. The van der Waals surface area contributed by atoms with Gasteiger partial charge in [-0.05, 0) is 32.2 Å². The van der Waals surface area contributed by atoms with Crippen LogP contribution in [-0.2, 0) is 0 Å². The molecule has 1 rings (SSSR count). The molecule has 0 aliphatic carbocycles. The fraction of sp³-hybridized carbons (Fsp3) is 1.00. The van der Waals surface area contributed by atoms with E-state index in [-0.39, 0.29) is 12.4 Å². The molecule has 0 spiro atoms. The molecule has 1 nitrogen and oxygen atoms in total. The van der Waals surface area contributed by atoms with Crippen molar-refractivity contribution in [3.8, 4) is 0 Å². The van der Waals surface area contributed by atoms with Gasteiger partial charge in [0.25, 0.3) is 0 Å². The first kappa shape index (κ1) is 9.25. The Morgan fingerprint density at radius 1 is 1.33 bits per heavy atom. The molecule has 0 aromatic carbocycles. The van der Waals surface area contributed by atoms with Gasteiger partial charge in [-0.3, -0.25) is 0 Å². The molecule has 2 atom stereocenters. The summed E-state index contributed by atoms with van der Waals surface area (Å²) in [5, 5.41) is 3.41. The second-order valence-electron chi connectivity index (χ2n) is 2.98. The third-order valence-corrected chi connectivity index (χ3v) is 1.89. The van der Waals surface area contributed by atoms with E-state index in [1.165, 1.54) is 19.4 Å². The molecule has 9 heavy (non-hydrogen) atoms. The molecule has 1 heterocycles. The highest BCUT2D eigenvalue weighted by Gasteiger charge is 2.12. The largest absolute Gasteiger partial charge is 0.314 e. The Labute approximate surface area is 63.6 Å². The molecule has 0 bridgehead atoms. The summed E-state index contributed by atoms with van der Waals surface area (Å²) in [6.45, 7) is 5.81. The lowest BCUT2D eigenvalue weighted by Gasteiger charge is -2.24. The minimum atomic E-state index is 0. The van der Waals surface area contributed by atoms with E-state index in [2.05, 4.69) is 19.2 Å². The summed E-state index contributed by atoms with van der Waals surface area (Å²) in [5.74, 6) is 0.950. The van der Waals surface area contributed by atoms with Crippen molar-refractivity contribution < 1.29 is 0 Å². The number of halogens is 1. The van der Waals surface area contributed by atoms with E-state index >= 15 is 0 Å². The molecule has 1 aliphatic heterocycles. The number of nitrogens with one attached hydrogen (secondary N) is 1. The van der Waals surface area contributed by atoms with Gasteiger partial charge in [0.05, 0.1) is 0 Å². The lowest BCUT2D eigenvalue weighted by molar-refractivity contribution is 0.336. The third-order valence-electron chi connectivity index (χ3n) is 1.89. The predicted octanol–water partition coefficient (Wildman–Crippen LogP) is 1.82. The predicted molar refractivity (Wildman–Crippen MR) is 43.1 cm³/mol. The zero-order valence-corrected chi connectivity index (χ0v) is 7.00. The van der Waals surface area contributed by atoms with Crippen LogP contribution in [0.15, 0.2) is 0 Å². The van der Waals surface area contributed by atoms with Gasteiger partial charge in [-0.2, -0.15) is 0 Å². The highest BCUT2D eigenvalue weighted by Crippen LogP contribution is 2.13. The summed E-state index contributed by atoms with van der Waals surface area (Å²) in [6, 6.07) is 0.763. The van der Waals surface area contributed by atoms with Crippen molar-refractivity contribution in [2.45, 2.75) is 32.7 Å². The Morgan fingerprint density at radius 3 is 2.33 bits per heavy atom. The lowest BCUT2D eigenvalue weighted by atomic mass is 9.96. The molecule has 0 radical (unpaired) electrons. The number of piperidine rings is 1. The molecule has 1 fully saturated rings. The molecule has 0 amide bonds. The molecule has 0 saturated carbocycles. The van der Waals surface area contributed by atoms with Crippen LogP contribution in [0.3, 0.4) is 0 Å². The average Bonchev–Trinajstić information content (AvgIpc) is 1.64. The Bertz CT molecular complexity index is 67.3. The molecular weight excluding hydrogens is 134 g/mol. The Kier molecular flexibility index (Phi) is 4.24. The number of rotatable bonds is 0. The van der Waals surface area contributed by atoms with Gasteiger partial charge >= 0.3 is 0 Å². The highest BCUT2D eigenvalue weighted by atomic mass is 35.5. The summed E-state index contributed by atoms with van der Waals surface area (Å²) in [4.78, 5) is 0. The van der Waals surface area contributed by atoms with E-state index in [4.69, 9.17) is 0 Å². The fourth-order valence-corrected chi connectivity index (χ4v) is 1.38. The van der Waals surface area contributed by atoms with Crippen molar-refractivity contribution in [2.24, 2.45) is 5.92 Å². The zero-order valence-electron chi connectivity index (χ0n) is 6.18. The number of hydrogen-bond donors (Lipinski definition) is 1. The van der Waals surface area contributed by atoms with Crippen LogP contribution < -0.4 is 5.32 Å². The van der Waals surface area contributed by atoms with Gasteiger partial charge in [-0.1, -0.05) is 6.92 Å². The molecule has 0 aromatic rings. The lowest BCUT2D eigenvalue weighted by Crippen LogP contribution is -2.34. The second kappa shape index (κ2) is 4.13. The first-order valence-electron chi connectivity index (χ1n) is 3.52. The van der Waals surface area contributed by atoms with E-state index in [1.54, 1.807) is 0 Å². The van der Waals surface area contributed by atoms with Crippen LogP contribution in [0.1, 0.15) is 26.7 Å². The Hall–Kier alpha value is 0.250. The maximum Gasteiger partial charge on any atom is 0.00412 e. The van der Waals surface area contributed by atoms with Gasteiger partial charge in [0.15, 0.2) is 0 Å². The Balaban J connectivity index is 0.000000640. The third kappa shape index (κ3) is 3.07. The van der Waals surface area contributed by atoms with Crippen LogP contribution in [0, 0.1) is 5.92 Å². The quantitative estimate of drug-likeness (QED) is 0.554. The standard InChI is InChI=1S/C7H15N.ClH/c1-6-3-4-8-7(2)5-6;/h6-8H,3-5H2,1-2H3;1H/t6-,7-;/m0./s1. The topological polar surface area (TPSA) is 12.0 Å². The first-order valence-corrected chi connectivity index (χ1v) is 3.52. The maximum absolute atomic E-state index is 3.41. The van der Waals surface area contributed by atoms with Crippen molar-refractivity contribution in [1.82, 2.24) is 5.32 Å². The summed E-state index contributed by atoms with van der Waals surface area (Å²) in [5.41, 5.74) is 0. The molecular formula is C7H16ClN. The van der Waals surface area contributed by atoms with Crippen LogP contribution in [0.25, 0.3) is 0 Å². The normalized spacial score (nSPS) is 35.3. The molecule has 2 heteroatoms. The average molecular weight is 150 g/mol. The molecule has 0 aromatic heterocycles. The highest BCUT2D eigenvalue weighted by molar-refractivity contribution is 5.85. The molecule has 1 saturated heterocycles.